The first-order chi connectivity index (χ1) is 7.47. The molecule has 88 valence electrons. The van der Waals surface area contributed by atoms with Crippen LogP contribution >= 0.6 is 0 Å². The van der Waals surface area contributed by atoms with Crippen molar-refractivity contribution in [1.82, 2.24) is 5.32 Å². The van der Waals surface area contributed by atoms with E-state index in [-0.39, 0.29) is 17.9 Å². The zero-order valence-corrected chi connectivity index (χ0v) is 9.70. The Morgan fingerprint density at radius 3 is 2.69 bits per heavy atom. The van der Waals surface area contributed by atoms with Gasteiger partial charge in [-0.15, -0.1) is 0 Å². The van der Waals surface area contributed by atoms with Gasteiger partial charge in [-0.1, -0.05) is 12.1 Å². The van der Waals surface area contributed by atoms with E-state index in [9.17, 15) is 9.50 Å². The SMILES string of the molecule is CC(C)(O)C1CCC(c2cccc(F)c2)N1. The highest BCUT2D eigenvalue weighted by molar-refractivity contribution is 5.21. The normalized spacial score (nSPS) is 26.0. The number of halogens is 1. The highest BCUT2D eigenvalue weighted by Gasteiger charge is 2.34. The third kappa shape index (κ3) is 2.42. The summed E-state index contributed by atoms with van der Waals surface area (Å²) in [5.41, 5.74) is 0.244. The quantitative estimate of drug-likeness (QED) is 0.807. The van der Waals surface area contributed by atoms with Crippen molar-refractivity contribution in [2.24, 2.45) is 0 Å². The molecule has 0 bridgehead atoms. The Morgan fingerprint density at radius 1 is 1.38 bits per heavy atom. The molecule has 0 saturated carbocycles. The Hall–Kier alpha value is -0.930. The van der Waals surface area contributed by atoms with Crippen LogP contribution in [0.5, 0.6) is 0 Å². The van der Waals surface area contributed by atoms with Gasteiger partial charge in [-0.25, -0.2) is 4.39 Å². The number of rotatable bonds is 2. The van der Waals surface area contributed by atoms with Gasteiger partial charge in [0.2, 0.25) is 0 Å². The Morgan fingerprint density at radius 2 is 2.12 bits per heavy atom. The van der Waals surface area contributed by atoms with Crippen LogP contribution in [0.3, 0.4) is 0 Å². The maximum atomic E-state index is 13.1. The van der Waals surface area contributed by atoms with E-state index in [0.29, 0.717) is 0 Å². The van der Waals surface area contributed by atoms with E-state index in [1.807, 2.05) is 6.07 Å². The monoisotopic (exact) mass is 223 g/mol. The molecule has 3 heteroatoms. The molecule has 16 heavy (non-hydrogen) atoms. The molecule has 0 aliphatic carbocycles. The van der Waals surface area contributed by atoms with Crippen molar-refractivity contribution in [2.75, 3.05) is 0 Å². The van der Waals surface area contributed by atoms with Gasteiger partial charge >= 0.3 is 0 Å². The standard InChI is InChI=1S/C13H18FNO/c1-13(2,16)12-7-6-11(15-12)9-4-3-5-10(14)8-9/h3-5,8,11-12,15-16H,6-7H2,1-2H3. The maximum Gasteiger partial charge on any atom is 0.123 e. The predicted molar refractivity (Wildman–Crippen MR) is 61.6 cm³/mol. The van der Waals surface area contributed by atoms with Crippen molar-refractivity contribution in [1.29, 1.82) is 0 Å². The number of benzene rings is 1. The highest BCUT2D eigenvalue weighted by Crippen LogP contribution is 2.31. The minimum absolute atomic E-state index is 0.0840. The first kappa shape index (κ1) is 11.6. The summed E-state index contributed by atoms with van der Waals surface area (Å²) in [6.45, 7) is 3.61. The summed E-state index contributed by atoms with van der Waals surface area (Å²) in [4.78, 5) is 0. The summed E-state index contributed by atoms with van der Waals surface area (Å²) in [5, 5.41) is 13.3. The molecule has 1 saturated heterocycles. The molecular formula is C13H18FNO. The third-order valence-electron chi connectivity index (χ3n) is 3.25. The second kappa shape index (κ2) is 4.15. The van der Waals surface area contributed by atoms with Gasteiger partial charge in [-0.05, 0) is 44.4 Å². The maximum absolute atomic E-state index is 13.1. The van der Waals surface area contributed by atoms with Crippen LogP contribution in [0.4, 0.5) is 4.39 Å². The molecule has 1 heterocycles. The van der Waals surface area contributed by atoms with Crippen molar-refractivity contribution >= 4 is 0 Å². The van der Waals surface area contributed by atoms with Gasteiger partial charge in [0.25, 0.3) is 0 Å². The van der Waals surface area contributed by atoms with Crippen molar-refractivity contribution in [3.63, 3.8) is 0 Å². The van der Waals surface area contributed by atoms with Crippen LogP contribution in [0, 0.1) is 5.82 Å². The van der Waals surface area contributed by atoms with E-state index in [0.717, 1.165) is 18.4 Å². The molecule has 2 unspecified atom stereocenters. The van der Waals surface area contributed by atoms with Crippen molar-refractivity contribution in [3.05, 3.63) is 35.6 Å². The van der Waals surface area contributed by atoms with E-state index in [2.05, 4.69) is 5.32 Å². The molecule has 1 aromatic carbocycles. The van der Waals surface area contributed by atoms with E-state index < -0.39 is 5.60 Å². The molecule has 0 spiro atoms. The molecule has 1 aliphatic rings. The molecular weight excluding hydrogens is 205 g/mol. The second-order valence-electron chi connectivity index (χ2n) is 5.06. The first-order valence-electron chi connectivity index (χ1n) is 5.71. The zero-order chi connectivity index (χ0) is 11.8. The van der Waals surface area contributed by atoms with Crippen LogP contribution in [0.1, 0.15) is 38.3 Å². The molecule has 1 aromatic rings. The van der Waals surface area contributed by atoms with Crippen LogP contribution in [-0.2, 0) is 0 Å². The number of hydrogen-bond acceptors (Lipinski definition) is 2. The Balaban J connectivity index is 2.09. The Bertz CT molecular complexity index is 372. The smallest absolute Gasteiger partial charge is 0.123 e. The summed E-state index contributed by atoms with van der Waals surface area (Å²) >= 11 is 0. The lowest BCUT2D eigenvalue weighted by molar-refractivity contribution is 0.0432. The summed E-state index contributed by atoms with van der Waals surface area (Å²) in [6.07, 6.45) is 1.86. The van der Waals surface area contributed by atoms with Crippen LogP contribution in [-0.4, -0.2) is 16.7 Å². The van der Waals surface area contributed by atoms with Crippen LogP contribution < -0.4 is 5.32 Å². The lowest BCUT2D eigenvalue weighted by Crippen LogP contribution is -2.43. The topological polar surface area (TPSA) is 32.3 Å². The van der Waals surface area contributed by atoms with Gasteiger partial charge in [0.15, 0.2) is 0 Å². The fourth-order valence-electron chi connectivity index (χ4n) is 2.29. The molecule has 1 aliphatic heterocycles. The van der Waals surface area contributed by atoms with Crippen molar-refractivity contribution in [2.45, 2.75) is 44.4 Å². The fourth-order valence-corrected chi connectivity index (χ4v) is 2.29. The largest absolute Gasteiger partial charge is 0.389 e. The fraction of sp³-hybridized carbons (Fsp3) is 0.538. The second-order valence-corrected chi connectivity index (χ2v) is 5.06. The average molecular weight is 223 g/mol. The molecule has 2 atom stereocenters. The van der Waals surface area contributed by atoms with Crippen molar-refractivity contribution < 1.29 is 9.50 Å². The van der Waals surface area contributed by atoms with Crippen LogP contribution in [0.2, 0.25) is 0 Å². The first-order valence-corrected chi connectivity index (χ1v) is 5.71. The van der Waals surface area contributed by atoms with Crippen LogP contribution in [0.25, 0.3) is 0 Å². The van der Waals surface area contributed by atoms with Gasteiger partial charge in [0.1, 0.15) is 5.82 Å². The number of hydrogen-bond donors (Lipinski definition) is 2. The molecule has 2 nitrogen and oxygen atoms in total. The highest BCUT2D eigenvalue weighted by atomic mass is 19.1. The van der Waals surface area contributed by atoms with Crippen molar-refractivity contribution in [3.8, 4) is 0 Å². The van der Waals surface area contributed by atoms with E-state index in [1.165, 1.54) is 6.07 Å². The summed E-state index contributed by atoms with van der Waals surface area (Å²) in [7, 11) is 0. The molecule has 2 N–H and O–H groups in total. The summed E-state index contributed by atoms with van der Waals surface area (Å²) < 4.78 is 13.1. The number of nitrogens with one attached hydrogen (secondary N) is 1. The minimum Gasteiger partial charge on any atom is -0.389 e. The average Bonchev–Trinajstić information content (AvgIpc) is 2.65. The Kier molecular flexibility index (Phi) is 3.00. The van der Waals surface area contributed by atoms with Gasteiger partial charge < -0.3 is 10.4 Å². The van der Waals surface area contributed by atoms with E-state index >= 15 is 0 Å². The minimum atomic E-state index is -0.720. The molecule has 2 rings (SSSR count). The van der Waals surface area contributed by atoms with Gasteiger partial charge in [0.05, 0.1) is 5.60 Å². The zero-order valence-electron chi connectivity index (χ0n) is 9.70. The van der Waals surface area contributed by atoms with E-state index in [4.69, 9.17) is 0 Å². The van der Waals surface area contributed by atoms with Gasteiger partial charge in [-0.2, -0.15) is 0 Å². The van der Waals surface area contributed by atoms with Gasteiger partial charge in [0, 0.05) is 12.1 Å². The summed E-state index contributed by atoms with van der Waals surface area (Å²) in [6, 6.07) is 6.90. The van der Waals surface area contributed by atoms with Gasteiger partial charge in [-0.3, -0.25) is 0 Å². The lowest BCUT2D eigenvalue weighted by Gasteiger charge is -2.26. The molecule has 0 aromatic heterocycles. The van der Waals surface area contributed by atoms with Crippen LogP contribution in [0.15, 0.2) is 24.3 Å². The lowest BCUT2D eigenvalue weighted by atomic mass is 9.98. The third-order valence-corrected chi connectivity index (χ3v) is 3.25. The molecule has 1 fully saturated rings. The molecule has 0 radical (unpaired) electrons. The predicted octanol–water partition coefficient (Wildman–Crippen LogP) is 2.39. The van der Waals surface area contributed by atoms with E-state index in [1.54, 1.807) is 26.0 Å². The Labute approximate surface area is 95.5 Å². The number of aliphatic hydroxyl groups is 1. The molecule has 0 amide bonds. The summed E-state index contributed by atoms with van der Waals surface area (Å²) in [5.74, 6) is -0.203.